The van der Waals surface area contributed by atoms with Gasteiger partial charge in [-0.3, -0.25) is 9.52 Å². The van der Waals surface area contributed by atoms with Crippen molar-refractivity contribution in [2.75, 3.05) is 11.8 Å². The summed E-state index contributed by atoms with van der Waals surface area (Å²) in [7, 11) is -2.58. The minimum Gasteiger partial charge on any atom is -0.495 e. The zero-order valence-electron chi connectivity index (χ0n) is 14.5. The monoisotopic (exact) mass is 395 g/mol. The number of sulfonamides is 1. The van der Waals surface area contributed by atoms with Gasteiger partial charge in [-0.1, -0.05) is 11.6 Å². The van der Waals surface area contributed by atoms with Gasteiger partial charge in [-0.15, -0.1) is 0 Å². The van der Waals surface area contributed by atoms with Crippen molar-refractivity contribution in [3.05, 3.63) is 47.0 Å². The summed E-state index contributed by atoms with van der Waals surface area (Å²) >= 11 is 5.91. The summed E-state index contributed by atoms with van der Waals surface area (Å²) < 4.78 is 38.8. The number of hydrogen-bond acceptors (Lipinski definition) is 5. The molecule has 0 saturated heterocycles. The van der Waals surface area contributed by atoms with Crippen LogP contribution in [0.2, 0.25) is 5.02 Å². The molecule has 0 unspecified atom stereocenters. The Morgan fingerprint density at radius 3 is 2.62 bits per heavy atom. The third kappa shape index (κ3) is 3.64. The first-order valence-electron chi connectivity index (χ1n) is 7.84. The molecule has 0 spiro atoms. The lowest BCUT2D eigenvalue weighted by Gasteiger charge is -2.31. The molecule has 0 atom stereocenters. The third-order valence-electron chi connectivity index (χ3n) is 3.92. The summed E-state index contributed by atoms with van der Waals surface area (Å²) in [6, 6.07) is 8.92. The van der Waals surface area contributed by atoms with Crippen LogP contribution in [0.1, 0.15) is 30.6 Å². The van der Waals surface area contributed by atoms with E-state index < -0.39 is 15.6 Å². The number of nitrogens with one attached hydrogen (secondary N) is 1. The summed E-state index contributed by atoms with van der Waals surface area (Å²) in [5.41, 5.74) is 0.0178. The molecular weight excluding hydrogens is 378 g/mol. The van der Waals surface area contributed by atoms with Gasteiger partial charge in [0.05, 0.1) is 19.1 Å². The topological polar surface area (TPSA) is 81.7 Å². The van der Waals surface area contributed by atoms with Gasteiger partial charge in [0.1, 0.15) is 22.0 Å². The lowest BCUT2D eigenvalue weighted by atomic mass is 9.93. The minimum atomic E-state index is -3.96. The van der Waals surface area contributed by atoms with E-state index in [9.17, 15) is 13.2 Å². The fourth-order valence-electron chi connectivity index (χ4n) is 2.79. The van der Waals surface area contributed by atoms with Gasteiger partial charge in [-0.25, -0.2) is 8.42 Å². The number of methoxy groups -OCH3 is 1. The molecule has 2 aromatic carbocycles. The van der Waals surface area contributed by atoms with E-state index in [0.717, 1.165) is 0 Å². The van der Waals surface area contributed by atoms with Gasteiger partial charge in [0.25, 0.3) is 10.0 Å². The Labute approximate surface area is 157 Å². The first-order valence-corrected chi connectivity index (χ1v) is 9.70. The molecule has 1 aliphatic rings. The van der Waals surface area contributed by atoms with E-state index in [1.807, 2.05) is 13.8 Å². The number of rotatable bonds is 4. The van der Waals surface area contributed by atoms with E-state index >= 15 is 0 Å². The second kappa shape index (κ2) is 6.48. The number of carbonyl (C=O) groups excluding carboxylic acids is 1. The number of anilines is 1. The maximum absolute atomic E-state index is 12.7. The van der Waals surface area contributed by atoms with Crippen molar-refractivity contribution < 1.29 is 22.7 Å². The molecule has 6 nitrogen and oxygen atoms in total. The molecule has 1 N–H and O–H groups in total. The molecule has 0 aromatic heterocycles. The number of fused-ring (bicyclic) bond motifs is 1. The first-order chi connectivity index (χ1) is 12.1. The van der Waals surface area contributed by atoms with Crippen molar-refractivity contribution in [1.29, 1.82) is 0 Å². The van der Waals surface area contributed by atoms with Gasteiger partial charge < -0.3 is 9.47 Å². The molecule has 0 saturated carbocycles. The lowest BCUT2D eigenvalue weighted by Crippen LogP contribution is -2.35. The summed E-state index contributed by atoms with van der Waals surface area (Å²) in [5.74, 6) is 0.508. The molecule has 138 valence electrons. The highest BCUT2D eigenvalue weighted by Gasteiger charge is 2.32. The molecule has 26 heavy (non-hydrogen) atoms. The summed E-state index contributed by atoms with van der Waals surface area (Å²) in [4.78, 5) is 12.3. The average Bonchev–Trinajstić information content (AvgIpc) is 2.54. The number of hydrogen-bond donors (Lipinski definition) is 1. The van der Waals surface area contributed by atoms with Crippen molar-refractivity contribution >= 4 is 33.1 Å². The zero-order valence-corrected chi connectivity index (χ0v) is 16.1. The quantitative estimate of drug-likeness (QED) is 0.849. The highest BCUT2D eigenvalue weighted by molar-refractivity contribution is 7.92. The third-order valence-corrected chi connectivity index (χ3v) is 5.56. The molecule has 1 heterocycles. The number of carbonyl (C=O) groups is 1. The van der Waals surface area contributed by atoms with E-state index in [4.69, 9.17) is 21.1 Å². The lowest BCUT2D eigenvalue weighted by molar-refractivity contribution is 0.0620. The maximum Gasteiger partial charge on any atom is 0.265 e. The standard InChI is InChI=1S/C18H18ClNO5S/c1-18(2)10-14(21)13-9-12(5-7-15(13)25-18)20-26(22,23)17-8-11(19)4-6-16(17)24-3/h4-9,20H,10H2,1-3H3. The van der Waals surface area contributed by atoms with Crippen LogP contribution in [0, 0.1) is 0 Å². The number of ketones is 1. The molecule has 0 fully saturated rings. The Morgan fingerprint density at radius 2 is 1.92 bits per heavy atom. The fraction of sp³-hybridized carbons (Fsp3) is 0.278. The van der Waals surface area contributed by atoms with Crippen LogP contribution < -0.4 is 14.2 Å². The molecule has 1 aliphatic heterocycles. The van der Waals surface area contributed by atoms with Gasteiger partial charge in [-0.05, 0) is 50.2 Å². The van der Waals surface area contributed by atoms with Crippen LogP contribution in [0.15, 0.2) is 41.3 Å². The smallest absolute Gasteiger partial charge is 0.265 e. The molecule has 0 amide bonds. The average molecular weight is 396 g/mol. The number of benzene rings is 2. The highest BCUT2D eigenvalue weighted by atomic mass is 35.5. The summed E-state index contributed by atoms with van der Waals surface area (Å²) in [5, 5.41) is 0.266. The van der Waals surface area contributed by atoms with Gasteiger partial charge in [0.15, 0.2) is 5.78 Å². The van der Waals surface area contributed by atoms with Crippen LogP contribution in [0.3, 0.4) is 0 Å². The molecular formula is C18H18ClNO5S. The van der Waals surface area contributed by atoms with E-state index in [1.54, 1.807) is 12.1 Å². The van der Waals surface area contributed by atoms with Gasteiger partial charge in [0, 0.05) is 10.7 Å². The normalized spacial score (nSPS) is 15.8. The van der Waals surface area contributed by atoms with Crippen molar-refractivity contribution in [1.82, 2.24) is 0 Å². The Balaban J connectivity index is 1.96. The fourth-order valence-corrected chi connectivity index (χ4v) is 4.27. The summed E-state index contributed by atoms with van der Waals surface area (Å²) in [6.45, 7) is 3.66. The van der Waals surface area contributed by atoms with Crippen molar-refractivity contribution in [2.45, 2.75) is 30.8 Å². The number of ether oxygens (including phenoxy) is 2. The van der Waals surface area contributed by atoms with Crippen LogP contribution in [-0.4, -0.2) is 26.9 Å². The predicted octanol–water partition coefficient (Wildman–Crippen LogP) is 3.89. The molecule has 8 heteroatoms. The second-order valence-electron chi connectivity index (χ2n) is 6.57. The van der Waals surface area contributed by atoms with E-state index in [1.165, 1.54) is 31.4 Å². The molecule has 2 aromatic rings. The van der Waals surface area contributed by atoms with E-state index in [2.05, 4.69) is 4.72 Å². The first kappa shape index (κ1) is 18.5. The second-order valence-corrected chi connectivity index (χ2v) is 8.66. The van der Waals surface area contributed by atoms with Crippen molar-refractivity contribution in [2.24, 2.45) is 0 Å². The van der Waals surface area contributed by atoms with Crippen LogP contribution in [0.4, 0.5) is 5.69 Å². The SMILES string of the molecule is COc1ccc(Cl)cc1S(=O)(=O)Nc1ccc2c(c1)C(=O)CC(C)(C)O2. The van der Waals surface area contributed by atoms with Crippen LogP contribution in [0.5, 0.6) is 11.5 Å². The maximum atomic E-state index is 12.7. The number of halogens is 1. The largest absolute Gasteiger partial charge is 0.495 e. The zero-order chi connectivity index (χ0) is 19.1. The van der Waals surface area contributed by atoms with Crippen molar-refractivity contribution in [3.8, 4) is 11.5 Å². The van der Waals surface area contributed by atoms with Gasteiger partial charge in [-0.2, -0.15) is 0 Å². The molecule has 0 aliphatic carbocycles. The number of Topliss-reactive ketones (excluding diaryl/α,β-unsaturated/α-hetero) is 1. The van der Waals surface area contributed by atoms with Crippen LogP contribution >= 0.6 is 11.6 Å². The molecule has 3 rings (SSSR count). The van der Waals surface area contributed by atoms with Crippen LogP contribution in [0.25, 0.3) is 0 Å². The summed E-state index contributed by atoms with van der Waals surface area (Å²) in [6.07, 6.45) is 0.221. The Hall–Kier alpha value is -2.25. The van der Waals surface area contributed by atoms with Gasteiger partial charge >= 0.3 is 0 Å². The van der Waals surface area contributed by atoms with Crippen molar-refractivity contribution in [3.63, 3.8) is 0 Å². The van der Waals surface area contributed by atoms with Crippen LogP contribution in [-0.2, 0) is 10.0 Å². The Kier molecular flexibility index (Phi) is 4.62. The Morgan fingerprint density at radius 1 is 1.19 bits per heavy atom. The van der Waals surface area contributed by atoms with E-state index in [-0.39, 0.29) is 33.6 Å². The molecule has 0 radical (unpaired) electrons. The van der Waals surface area contributed by atoms with E-state index in [0.29, 0.717) is 11.3 Å². The Bertz CT molecular complexity index is 985. The highest BCUT2D eigenvalue weighted by Crippen LogP contribution is 2.35. The molecule has 0 bridgehead atoms. The van der Waals surface area contributed by atoms with Gasteiger partial charge in [0.2, 0.25) is 0 Å². The predicted molar refractivity (Wildman–Crippen MR) is 98.9 cm³/mol. The minimum absolute atomic E-state index is 0.0890.